The number of carbonyl (C=O) groups is 1. The number of nitrogens with zero attached hydrogens (tertiary/aromatic N) is 2. The number of aromatic nitrogens is 2. The number of pyridine rings is 1. The first-order valence-electron chi connectivity index (χ1n) is 7.03. The zero-order chi connectivity index (χ0) is 15.5. The molecule has 112 valence electrons. The van der Waals surface area contributed by atoms with Crippen molar-refractivity contribution in [1.82, 2.24) is 9.38 Å². The Labute approximate surface area is 133 Å². The minimum Gasteiger partial charge on any atom is -0.326 e. The number of amides is 1. The van der Waals surface area contributed by atoms with E-state index in [0.29, 0.717) is 0 Å². The molecular weight excluding hydrogens is 294 g/mol. The Bertz CT molecular complexity index is 826. The average Bonchev–Trinajstić information content (AvgIpc) is 2.91. The van der Waals surface area contributed by atoms with Crippen molar-refractivity contribution >= 4 is 29.0 Å². The second-order valence-corrected chi connectivity index (χ2v) is 5.99. The van der Waals surface area contributed by atoms with Crippen molar-refractivity contribution in [3.8, 4) is 0 Å². The highest BCUT2D eigenvalue weighted by molar-refractivity contribution is 7.98. The van der Waals surface area contributed by atoms with Gasteiger partial charge in [0, 0.05) is 23.0 Å². The van der Waals surface area contributed by atoms with Gasteiger partial charge in [0.25, 0.3) is 0 Å². The zero-order valence-corrected chi connectivity index (χ0v) is 13.4. The summed E-state index contributed by atoms with van der Waals surface area (Å²) in [5.74, 6) is -0.0562. The first-order chi connectivity index (χ1) is 10.7. The van der Waals surface area contributed by atoms with Crippen LogP contribution in [0.15, 0.2) is 53.7 Å². The highest BCUT2D eigenvalue weighted by atomic mass is 32.2. The lowest BCUT2D eigenvalue weighted by Crippen LogP contribution is -2.14. The second-order valence-electron chi connectivity index (χ2n) is 5.11. The van der Waals surface area contributed by atoms with Gasteiger partial charge in [-0.15, -0.1) is 11.8 Å². The van der Waals surface area contributed by atoms with Gasteiger partial charge in [0.15, 0.2) is 0 Å². The van der Waals surface area contributed by atoms with E-state index in [1.54, 1.807) is 11.8 Å². The SMILES string of the molecule is CSc1cccc(NC(=O)Cc2cn3cccc(C)c3n2)c1. The Kier molecular flexibility index (Phi) is 4.15. The standard InChI is InChI=1S/C17H17N3OS/c1-12-5-4-8-20-11-14(19-17(12)20)10-16(21)18-13-6-3-7-15(9-13)22-2/h3-9,11H,10H2,1-2H3,(H,18,21). The van der Waals surface area contributed by atoms with Crippen LogP contribution >= 0.6 is 11.8 Å². The summed E-state index contributed by atoms with van der Waals surface area (Å²) in [5.41, 5.74) is 3.58. The third kappa shape index (κ3) is 3.14. The number of rotatable bonds is 4. The van der Waals surface area contributed by atoms with Gasteiger partial charge in [-0.25, -0.2) is 4.98 Å². The van der Waals surface area contributed by atoms with Gasteiger partial charge in [0.2, 0.25) is 5.91 Å². The van der Waals surface area contributed by atoms with Crippen molar-refractivity contribution in [2.75, 3.05) is 11.6 Å². The van der Waals surface area contributed by atoms with Crippen molar-refractivity contribution < 1.29 is 4.79 Å². The molecule has 0 aliphatic heterocycles. The maximum Gasteiger partial charge on any atom is 0.230 e. The van der Waals surface area contributed by atoms with Gasteiger partial charge in [-0.2, -0.15) is 0 Å². The van der Waals surface area contributed by atoms with Crippen LogP contribution in [0.5, 0.6) is 0 Å². The summed E-state index contributed by atoms with van der Waals surface area (Å²) in [4.78, 5) is 17.8. The summed E-state index contributed by atoms with van der Waals surface area (Å²) >= 11 is 1.65. The van der Waals surface area contributed by atoms with E-state index in [9.17, 15) is 4.79 Å². The lowest BCUT2D eigenvalue weighted by atomic mass is 10.3. The van der Waals surface area contributed by atoms with Crippen LogP contribution in [0.1, 0.15) is 11.3 Å². The van der Waals surface area contributed by atoms with Gasteiger partial charge in [0.05, 0.1) is 12.1 Å². The van der Waals surface area contributed by atoms with E-state index < -0.39 is 0 Å². The Morgan fingerprint density at radius 1 is 1.32 bits per heavy atom. The molecule has 0 aliphatic rings. The van der Waals surface area contributed by atoms with Gasteiger partial charge in [-0.3, -0.25) is 4.79 Å². The highest BCUT2D eigenvalue weighted by Crippen LogP contribution is 2.19. The van der Waals surface area contributed by atoms with Crippen LogP contribution in [0.25, 0.3) is 5.65 Å². The summed E-state index contributed by atoms with van der Waals surface area (Å²) in [6.45, 7) is 2.01. The number of nitrogens with one attached hydrogen (secondary N) is 1. The summed E-state index contributed by atoms with van der Waals surface area (Å²) in [5, 5.41) is 2.92. The Hall–Kier alpha value is -2.27. The van der Waals surface area contributed by atoms with Crippen molar-refractivity contribution in [2.45, 2.75) is 18.2 Å². The van der Waals surface area contributed by atoms with Crippen LogP contribution < -0.4 is 5.32 Å². The summed E-state index contributed by atoms with van der Waals surface area (Å²) < 4.78 is 1.95. The van der Waals surface area contributed by atoms with Crippen LogP contribution in [0.4, 0.5) is 5.69 Å². The molecule has 22 heavy (non-hydrogen) atoms. The molecule has 5 heteroatoms. The van der Waals surface area contributed by atoms with E-state index in [2.05, 4.69) is 10.3 Å². The quantitative estimate of drug-likeness (QED) is 0.750. The fourth-order valence-corrected chi connectivity index (χ4v) is 2.82. The highest BCUT2D eigenvalue weighted by Gasteiger charge is 2.09. The molecule has 3 rings (SSSR count). The zero-order valence-electron chi connectivity index (χ0n) is 12.5. The number of benzene rings is 1. The van der Waals surface area contributed by atoms with E-state index in [4.69, 9.17) is 0 Å². The number of thioether (sulfide) groups is 1. The molecule has 0 aliphatic carbocycles. The molecule has 0 saturated heterocycles. The minimum atomic E-state index is -0.0562. The molecule has 3 aromatic rings. The number of anilines is 1. The van der Waals surface area contributed by atoms with Crippen LogP contribution in [-0.4, -0.2) is 21.5 Å². The Balaban J connectivity index is 1.74. The van der Waals surface area contributed by atoms with Crippen molar-refractivity contribution in [1.29, 1.82) is 0 Å². The normalized spacial score (nSPS) is 10.8. The fraction of sp³-hybridized carbons (Fsp3) is 0.176. The number of carbonyl (C=O) groups excluding carboxylic acids is 1. The molecule has 0 bridgehead atoms. The fourth-order valence-electron chi connectivity index (χ4n) is 2.36. The smallest absolute Gasteiger partial charge is 0.230 e. The molecule has 1 amide bonds. The molecular formula is C17H17N3OS. The Morgan fingerprint density at radius 3 is 2.95 bits per heavy atom. The lowest BCUT2D eigenvalue weighted by molar-refractivity contribution is -0.115. The molecule has 0 atom stereocenters. The second kappa shape index (κ2) is 6.23. The molecule has 4 nitrogen and oxygen atoms in total. The predicted octanol–water partition coefficient (Wildman–Crippen LogP) is 3.55. The minimum absolute atomic E-state index is 0.0562. The number of fused-ring (bicyclic) bond motifs is 1. The molecule has 2 heterocycles. The van der Waals surface area contributed by atoms with Crippen LogP contribution in [0.3, 0.4) is 0 Å². The first-order valence-corrected chi connectivity index (χ1v) is 8.25. The van der Waals surface area contributed by atoms with Crippen molar-refractivity contribution in [3.63, 3.8) is 0 Å². The average molecular weight is 311 g/mol. The number of imidazole rings is 1. The lowest BCUT2D eigenvalue weighted by Gasteiger charge is -2.05. The summed E-state index contributed by atoms with van der Waals surface area (Å²) in [6, 6.07) is 11.8. The summed E-state index contributed by atoms with van der Waals surface area (Å²) in [7, 11) is 0. The number of hydrogen-bond acceptors (Lipinski definition) is 3. The van der Waals surface area contributed by atoms with Gasteiger partial charge < -0.3 is 9.72 Å². The molecule has 0 fully saturated rings. The third-order valence-electron chi connectivity index (χ3n) is 3.42. The van der Waals surface area contributed by atoms with Gasteiger partial charge in [-0.1, -0.05) is 12.1 Å². The van der Waals surface area contributed by atoms with E-state index in [1.165, 1.54) is 0 Å². The molecule has 0 radical (unpaired) electrons. The predicted molar refractivity (Wildman–Crippen MR) is 90.5 cm³/mol. The van der Waals surface area contributed by atoms with Crippen LogP contribution in [-0.2, 0) is 11.2 Å². The number of hydrogen-bond donors (Lipinski definition) is 1. The van der Waals surface area contributed by atoms with Gasteiger partial charge in [0.1, 0.15) is 5.65 Å². The molecule has 0 spiro atoms. The molecule has 2 aromatic heterocycles. The van der Waals surface area contributed by atoms with E-state index in [-0.39, 0.29) is 12.3 Å². The number of aryl methyl sites for hydroxylation is 1. The maximum absolute atomic E-state index is 12.2. The van der Waals surface area contributed by atoms with Crippen molar-refractivity contribution in [3.05, 3.63) is 60.0 Å². The van der Waals surface area contributed by atoms with E-state index in [1.807, 2.05) is 66.4 Å². The largest absolute Gasteiger partial charge is 0.326 e. The topological polar surface area (TPSA) is 46.4 Å². The monoisotopic (exact) mass is 311 g/mol. The van der Waals surface area contributed by atoms with Gasteiger partial charge in [-0.05, 0) is 43.0 Å². The molecule has 0 saturated carbocycles. The molecule has 1 N–H and O–H groups in total. The maximum atomic E-state index is 12.2. The third-order valence-corrected chi connectivity index (χ3v) is 4.15. The van der Waals surface area contributed by atoms with E-state index in [0.717, 1.165) is 27.5 Å². The molecule has 1 aromatic carbocycles. The van der Waals surface area contributed by atoms with Crippen molar-refractivity contribution in [2.24, 2.45) is 0 Å². The molecule has 0 unspecified atom stereocenters. The summed E-state index contributed by atoms with van der Waals surface area (Å²) in [6.07, 6.45) is 6.13. The van der Waals surface area contributed by atoms with Gasteiger partial charge >= 0.3 is 0 Å². The van der Waals surface area contributed by atoms with Crippen LogP contribution in [0, 0.1) is 6.92 Å². The van der Waals surface area contributed by atoms with E-state index >= 15 is 0 Å². The Morgan fingerprint density at radius 2 is 2.18 bits per heavy atom. The van der Waals surface area contributed by atoms with Crippen LogP contribution in [0.2, 0.25) is 0 Å². The first kappa shape index (κ1) is 14.7.